The lowest BCUT2D eigenvalue weighted by molar-refractivity contribution is -0.732. The first kappa shape index (κ1) is 22.4. The number of hydrogen-bond donors (Lipinski definition) is 3. The lowest BCUT2D eigenvalue weighted by Gasteiger charge is -2.26. The number of imide groups is 1. The zero-order valence-electron chi connectivity index (χ0n) is 18.6. The van der Waals surface area contributed by atoms with Gasteiger partial charge in [0.1, 0.15) is 23.6 Å². The molecule has 2 aromatic rings. The zero-order chi connectivity index (χ0) is 24.4. The van der Waals surface area contributed by atoms with E-state index in [2.05, 4.69) is 5.32 Å². The average Bonchev–Trinajstić information content (AvgIpc) is 3.37. The third-order valence-corrected chi connectivity index (χ3v) is 7.68. The maximum Gasteiger partial charge on any atom is 0.291 e. The molecule has 5 N–H and O–H groups in total. The van der Waals surface area contributed by atoms with Gasteiger partial charge in [0.15, 0.2) is 0 Å². The molecular weight excluding hydrogens is 460 g/mol. The summed E-state index contributed by atoms with van der Waals surface area (Å²) < 4.78 is 5.17. The second-order valence-corrected chi connectivity index (χ2v) is 9.44. The highest BCUT2D eigenvalue weighted by Gasteiger charge is 2.74. The number of anilines is 1. The van der Waals surface area contributed by atoms with Gasteiger partial charge < -0.3 is 21.1 Å². The molecule has 0 aliphatic carbocycles. The maximum atomic E-state index is 13.8. The van der Waals surface area contributed by atoms with Crippen molar-refractivity contribution in [1.82, 2.24) is 4.90 Å². The number of benzene rings is 2. The minimum atomic E-state index is -1.38. The highest BCUT2D eigenvalue weighted by atomic mass is 35.5. The van der Waals surface area contributed by atoms with Crippen LogP contribution >= 0.6 is 11.6 Å². The first-order chi connectivity index (χ1) is 16.2. The van der Waals surface area contributed by atoms with Gasteiger partial charge in [0, 0.05) is 10.6 Å². The Balaban J connectivity index is 1.59. The SMILES string of the molecule is COc1ccc(CN2C(=O)[C@H]3[C@@H](C2=O)[C@]2([NH2+][C@@H]3CC(N)=O)C(=O)Nc3c2ccc(Cl)c3C)cc1. The van der Waals surface area contributed by atoms with Gasteiger partial charge in [-0.1, -0.05) is 23.7 Å². The van der Waals surface area contributed by atoms with Crippen molar-refractivity contribution in [2.24, 2.45) is 17.6 Å². The molecular formula is C24H24ClN4O5+. The normalized spacial score (nSPS) is 27.2. The molecule has 176 valence electrons. The minimum Gasteiger partial charge on any atom is -0.497 e. The van der Waals surface area contributed by atoms with E-state index in [1.165, 1.54) is 4.90 Å². The Bertz CT molecular complexity index is 1250. The summed E-state index contributed by atoms with van der Waals surface area (Å²) in [5, 5.41) is 5.04. The molecule has 34 heavy (non-hydrogen) atoms. The van der Waals surface area contributed by atoms with Gasteiger partial charge in [-0.15, -0.1) is 0 Å². The molecule has 0 radical (unpaired) electrons. The van der Waals surface area contributed by atoms with Crippen LogP contribution in [-0.4, -0.2) is 41.7 Å². The zero-order valence-corrected chi connectivity index (χ0v) is 19.4. The smallest absolute Gasteiger partial charge is 0.291 e. The van der Waals surface area contributed by atoms with Crippen molar-refractivity contribution in [1.29, 1.82) is 0 Å². The summed E-state index contributed by atoms with van der Waals surface area (Å²) >= 11 is 6.27. The summed E-state index contributed by atoms with van der Waals surface area (Å²) in [6.45, 7) is 1.84. The largest absolute Gasteiger partial charge is 0.497 e. The Labute approximate surface area is 200 Å². The van der Waals surface area contributed by atoms with Crippen LogP contribution in [-0.2, 0) is 31.3 Å². The molecule has 2 aromatic carbocycles. The van der Waals surface area contributed by atoms with Crippen molar-refractivity contribution < 1.29 is 29.2 Å². The van der Waals surface area contributed by atoms with E-state index in [0.29, 0.717) is 27.6 Å². The van der Waals surface area contributed by atoms with Gasteiger partial charge in [-0.05, 0) is 42.3 Å². The number of fused-ring (bicyclic) bond motifs is 4. The molecule has 0 bridgehead atoms. The van der Waals surface area contributed by atoms with E-state index in [4.69, 9.17) is 22.1 Å². The molecule has 2 saturated heterocycles. The summed E-state index contributed by atoms with van der Waals surface area (Å²) in [7, 11) is 1.55. The number of primary amides is 1. The standard InChI is InChI=1S/C24H23ClN4O5/c1-11-15(25)8-7-14-20(11)27-23(33)24(14)19-18(16(28-24)9-17(26)30)21(31)29(22(19)32)10-12-3-5-13(34-2)6-4-12/h3-8,16,18-19,28H,9-10H2,1-2H3,(H2,26,30)(H,27,33)/p+1/t16-,18-,19+,24+/m1/s1. The van der Waals surface area contributed by atoms with Gasteiger partial charge in [0.2, 0.25) is 23.3 Å². The fourth-order valence-corrected chi connectivity index (χ4v) is 5.86. The van der Waals surface area contributed by atoms with Crippen molar-refractivity contribution in [2.75, 3.05) is 12.4 Å². The number of hydrogen-bond acceptors (Lipinski definition) is 5. The fourth-order valence-electron chi connectivity index (χ4n) is 5.70. The van der Waals surface area contributed by atoms with Gasteiger partial charge in [0.25, 0.3) is 5.91 Å². The van der Waals surface area contributed by atoms with E-state index in [1.54, 1.807) is 55.7 Å². The number of ether oxygens (including phenoxy) is 1. The number of nitrogens with one attached hydrogen (secondary N) is 1. The van der Waals surface area contributed by atoms with Crippen LogP contribution in [0.2, 0.25) is 5.02 Å². The number of quaternary nitrogens is 1. The lowest BCUT2D eigenvalue weighted by atomic mass is 9.76. The molecule has 2 fully saturated rings. The van der Waals surface area contributed by atoms with Gasteiger partial charge in [-0.25, -0.2) is 0 Å². The Hall–Kier alpha value is -3.43. The van der Waals surface area contributed by atoms with E-state index < -0.39 is 47.0 Å². The van der Waals surface area contributed by atoms with E-state index in [1.807, 2.05) is 0 Å². The van der Waals surface area contributed by atoms with Crippen molar-refractivity contribution in [2.45, 2.75) is 31.5 Å². The molecule has 0 unspecified atom stereocenters. The molecule has 3 aliphatic rings. The van der Waals surface area contributed by atoms with E-state index in [0.717, 1.165) is 5.56 Å². The van der Waals surface area contributed by atoms with Crippen LogP contribution < -0.4 is 21.1 Å². The highest BCUT2D eigenvalue weighted by molar-refractivity contribution is 6.32. The number of halogens is 1. The number of amides is 4. The Morgan fingerprint density at radius 1 is 1.18 bits per heavy atom. The molecule has 4 amide bonds. The lowest BCUT2D eigenvalue weighted by Crippen LogP contribution is -2.99. The molecule has 0 saturated carbocycles. The topological polar surface area (TPSA) is 135 Å². The number of nitrogens with zero attached hydrogens (tertiary/aromatic N) is 1. The summed E-state index contributed by atoms with van der Waals surface area (Å²) in [6.07, 6.45) is -0.131. The molecule has 0 aromatic heterocycles. The molecule has 1 spiro atoms. The van der Waals surface area contributed by atoms with Crippen LogP contribution in [0.4, 0.5) is 5.69 Å². The van der Waals surface area contributed by atoms with Crippen LogP contribution in [0.5, 0.6) is 5.75 Å². The van der Waals surface area contributed by atoms with Gasteiger partial charge in [-0.3, -0.25) is 24.1 Å². The number of likely N-dealkylation sites (tertiary alicyclic amines) is 1. The van der Waals surface area contributed by atoms with Gasteiger partial charge >= 0.3 is 0 Å². The minimum absolute atomic E-state index is 0.0577. The molecule has 5 rings (SSSR count). The van der Waals surface area contributed by atoms with Gasteiger partial charge in [-0.2, -0.15) is 0 Å². The van der Waals surface area contributed by atoms with Crippen LogP contribution in [0.25, 0.3) is 0 Å². The molecule has 9 nitrogen and oxygen atoms in total. The third kappa shape index (κ3) is 3.04. The summed E-state index contributed by atoms with van der Waals surface area (Å²) in [6, 6.07) is 9.80. The van der Waals surface area contributed by atoms with E-state index >= 15 is 0 Å². The quantitative estimate of drug-likeness (QED) is 0.530. The molecule has 10 heteroatoms. The summed E-state index contributed by atoms with van der Waals surface area (Å²) in [5.41, 5.74) is 6.66. The predicted molar refractivity (Wildman–Crippen MR) is 122 cm³/mol. The number of carbonyl (C=O) groups excluding carboxylic acids is 4. The van der Waals surface area contributed by atoms with Crippen LogP contribution in [0.3, 0.4) is 0 Å². The van der Waals surface area contributed by atoms with Crippen LogP contribution in [0.15, 0.2) is 36.4 Å². The Morgan fingerprint density at radius 2 is 1.88 bits per heavy atom. The number of methoxy groups -OCH3 is 1. The molecule has 3 heterocycles. The fraction of sp³-hybridized carbons (Fsp3) is 0.333. The second-order valence-electron chi connectivity index (χ2n) is 9.03. The van der Waals surface area contributed by atoms with Crippen molar-refractivity contribution in [3.63, 3.8) is 0 Å². The van der Waals surface area contributed by atoms with E-state index in [9.17, 15) is 19.2 Å². The number of rotatable bonds is 5. The average molecular weight is 484 g/mol. The highest BCUT2D eigenvalue weighted by Crippen LogP contribution is 2.51. The second kappa shape index (κ2) is 7.82. The summed E-state index contributed by atoms with van der Waals surface area (Å²) in [4.78, 5) is 53.8. The monoisotopic (exact) mass is 483 g/mol. The predicted octanol–water partition coefficient (Wildman–Crippen LogP) is 0.427. The molecule has 3 aliphatic heterocycles. The first-order valence-corrected chi connectivity index (χ1v) is 11.3. The van der Waals surface area contributed by atoms with Crippen LogP contribution in [0, 0.1) is 18.8 Å². The van der Waals surface area contributed by atoms with Crippen molar-refractivity contribution in [3.05, 3.63) is 58.1 Å². The molecule has 4 atom stereocenters. The van der Waals surface area contributed by atoms with Crippen molar-refractivity contribution in [3.8, 4) is 5.75 Å². The number of nitrogens with two attached hydrogens (primary N) is 2. The van der Waals surface area contributed by atoms with E-state index in [-0.39, 0.29) is 13.0 Å². The number of carbonyl (C=O) groups is 4. The first-order valence-electron chi connectivity index (χ1n) is 10.9. The van der Waals surface area contributed by atoms with Crippen LogP contribution in [0.1, 0.15) is 23.1 Å². The third-order valence-electron chi connectivity index (χ3n) is 7.27. The van der Waals surface area contributed by atoms with Crippen molar-refractivity contribution >= 4 is 40.9 Å². The van der Waals surface area contributed by atoms with Gasteiger partial charge in [0.05, 0.1) is 25.8 Å². The summed E-state index contributed by atoms with van der Waals surface area (Å²) in [5.74, 6) is -3.01. The maximum absolute atomic E-state index is 13.8. The Morgan fingerprint density at radius 3 is 2.53 bits per heavy atom. The Kier molecular flexibility index (Phi) is 5.14.